The smallest absolute Gasteiger partial charge is 0.348 e. The molecule has 100 valence electrons. The van der Waals surface area contributed by atoms with E-state index in [0.29, 0.717) is 0 Å². The van der Waals surface area contributed by atoms with Gasteiger partial charge in [0.1, 0.15) is 9.77 Å². The van der Waals surface area contributed by atoms with Crippen LogP contribution >= 0.6 is 39.5 Å². The summed E-state index contributed by atoms with van der Waals surface area (Å²) >= 11 is 8.46. The summed E-state index contributed by atoms with van der Waals surface area (Å²) in [6, 6.07) is 1.18. The first-order chi connectivity index (χ1) is 8.27. The summed E-state index contributed by atoms with van der Waals surface area (Å²) in [4.78, 5) is 13.3. The van der Waals surface area contributed by atoms with Gasteiger partial charge in [-0.1, -0.05) is 0 Å². The van der Waals surface area contributed by atoms with Gasteiger partial charge in [-0.3, -0.25) is 5.43 Å². The second-order valence-electron chi connectivity index (χ2n) is 2.83. The third-order valence-electron chi connectivity index (χ3n) is 1.64. The fraction of sp³-hybridized carbons (Fsp3) is 0.143. The SMILES string of the molecule is COC(=O)c1cc(S(=O)(=O)NNC(N)=S)c(Br)s1. The molecule has 4 N–H and O–H groups in total. The van der Waals surface area contributed by atoms with Crippen molar-refractivity contribution in [1.29, 1.82) is 0 Å². The fourth-order valence-electron chi connectivity index (χ4n) is 0.909. The Labute approximate surface area is 121 Å². The Kier molecular flexibility index (Phi) is 5.04. The maximum Gasteiger partial charge on any atom is 0.348 e. The molecule has 7 nitrogen and oxygen atoms in total. The van der Waals surface area contributed by atoms with E-state index in [1.54, 1.807) is 0 Å². The van der Waals surface area contributed by atoms with Crippen LogP contribution in [0.15, 0.2) is 14.7 Å². The third-order valence-corrected chi connectivity index (χ3v) is 5.22. The van der Waals surface area contributed by atoms with Crippen molar-refractivity contribution in [3.05, 3.63) is 14.7 Å². The van der Waals surface area contributed by atoms with Crippen LogP contribution in [0.2, 0.25) is 0 Å². The number of nitrogens with two attached hydrogens (primary N) is 1. The second kappa shape index (κ2) is 5.93. The standard InChI is InChI=1S/C7H8BrN3O4S3/c1-15-6(12)3-2-4(5(8)17-3)18(13,14)11-10-7(9)16/h2,11H,1H3,(H3,9,10,16). The predicted octanol–water partition coefficient (Wildman–Crippen LogP) is 0.324. The first kappa shape index (κ1) is 15.3. The normalized spacial score (nSPS) is 11.0. The number of thiocarbonyl (C=S) groups is 1. The van der Waals surface area contributed by atoms with Crippen molar-refractivity contribution in [1.82, 2.24) is 10.3 Å². The topological polar surface area (TPSA) is 111 Å². The van der Waals surface area contributed by atoms with Gasteiger partial charge < -0.3 is 10.5 Å². The third kappa shape index (κ3) is 3.62. The minimum absolute atomic E-state index is 0.114. The minimum atomic E-state index is -3.88. The Morgan fingerprint density at radius 2 is 2.22 bits per heavy atom. The zero-order valence-electron chi connectivity index (χ0n) is 8.89. The molecular weight excluding hydrogens is 366 g/mol. The molecule has 1 aromatic rings. The number of sulfonamides is 1. The molecule has 1 rings (SSSR count). The van der Waals surface area contributed by atoms with Gasteiger partial charge in [-0.15, -0.1) is 16.2 Å². The van der Waals surface area contributed by atoms with Gasteiger partial charge in [0.2, 0.25) is 0 Å². The van der Waals surface area contributed by atoms with Crippen LogP contribution in [0.5, 0.6) is 0 Å². The van der Waals surface area contributed by atoms with E-state index in [9.17, 15) is 13.2 Å². The molecule has 0 amide bonds. The van der Waals surface area contributed by atoms with Gasteiger partial charge in [0.15, 0.2) is 5.11 Å². The summed E-state index contributed by atoms with van der Waals surface area (Å²) in [5, 5.41) is -0.224. The Morgan fingerprint density at radius 3 is 2.72 bits per heavy atom. The van der Waals surface area contributed by atoms with Crippen LogP contribution in [0.1, 0.15) is 9.67 Å². The van der Waals surface area contributed by atoms with Crippen LogP contribution in [0, 0.1) is 0 Å². The molecule has 1 aromatic heterocycles. The molecule has 0 saturated heterocycles. The number of hydrogen-bond acceptors (Lipinski definition) is 6. The lowest BCUT2D eigenvalue weighted by Gasteiger charge is -2.06. The van der Waals surface area contributed by atoms with E-state index in [0.717, 1.165) is 11.3 Å². The molecule has 18 heavy (non-hydrogen) atoms. The van der Waals surface area contributed by atoms with E-state index < -0.39 is 16.0 Å². The molecule has 0 aliphatic heterocycles. The van der Waals surface area contributed by atoms with Crippen molar-refractivity contribution in [3.8, 4) is 0 Å². The van der Waals surface area contributed by atoms with Crippen LogP contribution in [0.25, 0.3) is 0 Å². The highest BCUT2D eigenvalue weighted by atomic mass is 79.9. The maximum atomic E-state index is 11.8. The summed E-state index contributed by atoms with van der Waals surface area (Å²) in [7, 11) is -2.67. The highest BCUT2D eigenvalue weighted by molar-refractivity contribution is 9.11. The number of halogens is 1. The number of hydrogen-bond donors (Lipinski definition) is 3. The van der Waals surface area contributed by atoms with Gasteiger partial charge in [0.05, 0.1) is 10.9 Å². The summed E-state index contributed by atoms with van der Waals surface area (Å²) < 4.78 is 28.4. The van der Waals surface area contributed by atoms with Crippen molar-refractivity contribution in [3.63, 3.8) is 0 Å². The molecule has 0 aromatic carbocycles. The van der Waals surface area contributed by atoms with Crippen molar-refractivity contribution in [2.75, 3.05) is 7.11 Å². The zero-order valence-corrected chi connectivity index (χ0v) is 12.9. The monoisotopic (exact) mass is 373 g/mol. The predicted molar refractivity (Wildman–Crippen MR) is 73.6 cm³/mol. The second-order valence-corrected chi connectivity index (χ2v) is 7.30. The van der Waals surface area contributed by atoms with Gasteiger partial charge in [-0.2, -0.15) is 0 Å². The van der Waals surface area contributed by atoms with Crippen LogP contribution in [-0.4, -0.2) is 26.6 Å². The van der Waals surface area contributed by atoms with E-state index in [4.69, 9.17) is 5.73 Å². The maximum absolute atomic E-state index is 11.8. The first-order valence-electron chi connectivity index (χ1n) is 4.23. The lowest BCUT2D eigenvalue weighted by molar-refractivity contribution is 0.0606. The zero-order chi connectivity index (χ0) is 13.9. The van der Waals surface area contributed by atoms with E-state index in [1.165, 1.54) is 13.2 Å². The van der Waals surface area contributed by atoms with Gasteiger partial charge in [0.25, 0.3) is 10.0 Å². The molecule has 0 fully saturated rings. The molecule has 0 spiro atoms. The number of nitrogens with one attached hydrogen (secondary N) is 2. The number of ether oxygens (including phenoxy) is 1. The fourth-order valence-corrected chi connectivity index (χ4v) is 4.36. The summed E-state index contributed by atoms with van der Waals surface area (Å²) in [6.07, 6.45) is 0. The van der Waals surface area contributed by atoms with Crippen LogP contribution in [0.4, 0.5) is 0 Å². The van der Waals surface area contributed by atoms with Gasteiger partial charge >= 0.3 is 5.97 Å². The van der Waals surface area contributed by atoms with E-state index in [1.807, 2.05) is 4.83 Å². The van der Waals surface area contributed by atoms with E-state index in [2.05, 4.69) is 38.3 Å². The van der Waals surface area contributed by atoms with Crippen molar-refractivity contribution in [2.24, 2.45) is 5.73 Å². The average molecular weight is 374 g/mol. The number of carbonyl (C=O) groups excluding carboxylic acids is 1. The lowest BCUT2D eigenvalue weighted by atomic mass is 10.5. The molecule has 0 aliphatic carbocycles. The highest BCUT2D eigenvalue weighted by Gasteiger charge is 2.23. The summed E-state index contributed by atoms with van der Waals surface area (Å²) in [6.45, 7) is 0. The lowest BCUT2D eigenvalue weighted by Crippen LogP contribution is -2.44. The van der Waals surface area contributed by atoms with Crippen LogP contribution < -0.4 is 16.0 Å². The van der Waals surface area contributed by atoms with Crippen LogP contribution in [-0.2, 0) is 14.8 Å². The summed E-state index contributed by atoms with van der Waals surface area (Å²) in [5.74, 6) is -0.621. The van der Waals surface area contributed by atoms with Gasteiger partial charge in [0, 0.05) is 0 Å². The number of esters is 1. The Morgan fingerprint density at radius 1 is 1.61 bits per heavy atom. The van der Waals surface area contributed by atoms with Gasteiger partial charge in [-0.05, 0) is 34.2 Å². The molecule has 0 bridgehead atoms. The molecule has 0 aliphatic rings. The Balaban J connectivity index is 3.06. The molecule has 1 heterocycles. The van der Waals surface area contributed by atoms with Gasteiger partial charge in [-0.25, -0.2) is 13.2 Å². The molecule has 11 heteroatoms. The van der Waals surface area contributed by atoms with Crippen molar-refractivity contribution >= 4 is 60.6 Å². The summed E-state index contributed by atoms with van der Waals surface area (Å²) in [5.41, 5.74) is 7.20. The first-order valence-corrected chi connectivity index (χ1v) is 7.73. The molecule has 0 unspecified atom stereocenters. The van der Waals surface area contributed by atoms with E-state index >= 15 is 0 Å². The number of methoxy groups -OCH3 is 1. The minimum Gasteiger partial charge on any atom is -0.465 e. The molecule has 0 radical (unpaired) electrons. The molecular formula is C7H8BrN3O4S3. The largest absolute Gasteiger partial charge is 0.465 e. The Hall–Kier alpha value is -0.750. The Bertz CT molecular complexity index is 583. The average Bonchev–Trinajstić information content (AvgIpc) is 2.68. The van der Waals surface area contributed by atoms with Crippen molar-refractivity contribution in [2.45, 2.75) is 4.90 Å². The van der Waals surface area contributed by atoms with E-state index in [-0.39, 0.29) is 18.7 Å². The number of rotatable bonds is 4. The molecule has 0 atom stereocenters. The van der Waals surface area contributed by atoms with Crippen LogP contribution in [0.3, 0.4) is 0 Å². The number of hydrazine groups is 1. The molecule has 0 saturated carbocycles. The number of thiophene rings is 1. The quantitative estimate of drug-likeness (QED) is 0.396. The highest BCUT2D eigenvalue weighted by Crippen LogP contribution is 2.31. The van der Waals surface area contributed by atoms with Crippen molar-refractivity contribution < 1.29 is 17.9 Å². The number of carbonyl (C=O) groups is 1.